The Labute approximate surface area is 266 Å². The zero-order chi connectivity index (χ0) is 30.8. The Morgan fingerprint density at radius 1 is 0.932 bits per heavy atom. The Hall–Kier alpha value is -3.19. The van der Waals surface area contributed by atoms with E-state index in [0.717, 1.165) is 74.9 Å². The molecule has 6 rings (SSSR count). The first-order valence-electron chi connectivity index (χ1n) is 16.6. The summed E-state index contributed by atoms with van der Waals surface area (Å²) in [6, 6.07) is 15.4. The monoisotopic (exact) mass is 613 g/mol. The van der Waals surface area contributed by atoms with E-state index in [1.165, 1.54) is 33.9 Å². The van der Waals surface area contributed by atoms with Crippen molar-refractivity contribution in [3.8, 4) is 16.2 Å². The van der Waals surface area contributed by atoms with Crippen molar-refractivity contribution in [2.75, 3.05) is 25.6 Å². The minimum absolute atomic E-state index is 0.00116. The number of aromatic nitrogens is 1. The van der Waals surface area contributed by atoms with E-state index in [2.05, 4.69) is 54.3 Å². The molecule has 3 fully saturated rings. The summed E-state index contributed by atoms with van der Waals surface area (Å²) in [5.74, 6) is 2.98. The molecular formula is C37H47N3O3S. The molecule has 1 heterocycles. The maximum absolute atomic E-state index is 14.3. The number of aryl methyl sites for hydroxylation is 1. The van der Waals surface area contributed by atoms with E-state index in [1.807, 2.05) is 18.1 Å². The van der Waals surface area contributed by atoms with Crippen LogP contribution in [-0.4, -0.2) is 48.4 Å². The lowest BCUT2D eigenvalue weighted by molar-refractivity contribution is -0.130. The van der Waals surface area contributed by atoms with Crippen LogP contribution in [0.5, 0.6) is 5.75 Å². The number of anilines is 1. The molecule has 3 aromatic rings. The number of amides is 2. The third kappa shape index (κ3) is 6.88. The van der Waals surface area contributed by atoms with Crippen LogP contribution < -0.4 is 9.64 Å². The summed E-state index contributed by atoms with van der Waals surface area (Å²) in [4.78, 5) is 36.2. The molecule has 3 aliphatic rings. The molecule has 0 saturated heterocycles. The first-order chi connectivity index (χ1) is 21.3. The fraction of sp³-hybridized carbons (Fsp3) is 0.541. The van der Waals surface area contributed by atoms with Crippen molar-refractivity contribution in [2.24, 2.45) is 11.8 Å². The van der Waals surface area contributed by atoms with Gasteiger partial charge in [0, 0.05) is 50.3 Å². The molecule has 1 aromatic heterocycles. The summed E-state index contributed by atoms with van der Waals surface area (Å²) in [5, 5.41) is 1.24. The maximum Gasteiger partial charge on any atom is 0.230 e. The molecule has 3 aliphatic carbocycles. The second-order valence-corrected chi connectivity index (χ2v) is 14.5. The second-order valence-electron chi connectivity index (χ2n) is 13.4. The van der Waals surface area contributed by atoms with E-state index in [-0.39, 0.29) is 23.8 Å². The highest BCUT2D eigenvalue weighted by atomic mass is 32.1. The second kappa shape index (κ2) is 13.4. The van der Waals surface area contributed by atoms with Gasteiger partial charge in [0.25, 0.3) is 0 Å². The van der Waals surface area contributed by atoms with Crippen LogP contribution in [-0.2, 0) is 9.59 Å². The van der Waals surface area contributed by atoms with Crippen molar-refractivity contribution >= 4 is 28.8 Å². The molecule has 2 amide bonds. The third-order valence-electron chi connectivity index (χ3n) is 10.4. The van der Waals surface area contributed by atoms with Gasteiger partial charge >= 0.3 is 0 Å². The van der Waals surface area contributed by atoms with Crippen molar-refractivity contribution in [3.05, 3.63) is 64.8 Å². The van der Waals surface area contributed by atoms with Gasteiger partial charge in [-0.3, -0.25) is 9.59 Å². The highest BCUT2D eigenvalue weighted by Gasteiger charge is 2.34. The highest BCUT2D eigenvalue weighted by molar-refractivity contribution is 7.15. The number of carbonyl (C=O) groups is 2. The predicted molar refractivity (Wildman–Crippen MR) is 178 cm³/mol. The molecule has 7 heteroatoms. The van der Waals surface area contributed by atoms with Gasteiger partial charge in [-0.2, -0.15) is 0 Å². The number of hydrogen-bond donors (Lipinski definition) is 0. The normalized spacial score (nSPS) is 23.6. The average molecular weight is 614 g/mol. The number of rotatable bonds is 9. The van der Waals surface area contributed by atoms with Crippen LogP contribution in [0, 0.1) is 18.8 Å². The fourth-order valence-corrected chi connectivity index (χ4v) is 8.45. The lowest BCUT2D eigenvalue weighted by Crippen LogP contribution is -2.44. The van der Waals surface area contributed by atoms with E-state index in [0.29, 0.717) is 17.8 Å². The van der Waals surface area contributed by atoms with Gasteiger partial charge in [0.15, 0.2) is 0 Å². The van der Waals surface area contributed by atoms with Crippen LogP contribution in [0.25, 0.3) is 10.4 Å². The zero-order valence-corrected chi connectivity index (χ0v) is 27.6. The summed E-state index contributed by atoms with van der Waals surface area (Å²) in [5.41, 5.74) is 4.75. The zero-order valence-electron chi connectivity index (χ0n) is 26.8. The van der Waals surface area contributed by atoms with Gasteiger partial charge < -0.3 is 14.5 Å². The first-order valence-corrected chi connectivity index (χ1v) is 17.4. The number of carbonyl (C=O) groups excluding carboxylic acids is 2. The summed E-state index contributed by atoms with van der Waals surface area (Å²) in [6.45, 7) is 4.52. The van der Waals surface area contributed by atoms with Gasteiger partial charge in [0.2, 0.25) is 11.8 Å². The molecule has 234 valence electrons. The molecule has 0 aliphatic heterocycles. The topological polar surface area (TPSA) is 62.7 Å². The van der Waals surface area contributed by atoms with E-state index < -0.39 is 0 Å². The number of benzene rings is 2. The molecule has 44 heavy (non-hydrogen) atoms. The Balaban J connectivity index is 1.18. The van der Waals surface area contributed by atoms with Crippen LogP contribution >= 0.6 is 11.3 Å². The largest absolute Gasteiger partial charge is 0.496 e. The van der Waals surface area contributed by atoms with E-state index in [4.69, 9.17) is 9.72 Å². The molecule has 3 saturated carbocycles. The number of hydrogen-bond acceptors (Lipinski definition) is 5. The van der Waals surface area contributed by atoms with Crippen LogP contribution in [0.3, 0.4) is 0 Å². The molecule has 0 radical (unpaired) electrons. The summed E-state index contributed by atoms with van der Waals surface area (Å²) in [7, 11) is 3.62. The molecular weight excluding hydrogens is 566 g/mol. The van der Waals surface area contributed by atoms with Crippen molar-refractivity contribution in [2.45, 2.75) is 95.9 Å². The van der Waals surface area contributed by atoms with E-state index in [9.17, 15) is 9.59 Å². The minimum Gasteiger partial charge on any atom is -0.496 e. The molecule has 0 spiro atoms. The lowest BCUT2D eigenvalue weighted by Gasteiger charge is -2.38. The van der Waals surface area contributed by atoms with Crippen LogP contribution in [0.1, 0.15) is 99.1 Å². The Bertz CT molecular complexity index is 1460. The number of methoxy groups -OCH3 is 1. The lowest BCUT2D eigenvalue weighted by atomic mass is 9.78. The molecule has 0 N–H and O–H groups in total. The average Bonchev–Trinajstić information content (AvgIpc) is 3.79. The number of thiazole rings is 1. The number of nitrogens with zero attached hydrogens (tertiary/aromatic N) is 3. The highest BCUT2D eigenvalue weighted by Crippen LogP contribution is 2.44. The van der Waals surface area contributed by atoms with Crippen LogP contribution in [0.15, 0.2) is 48.7 Å². The Morgan fingerprint density at radius 3 is 2.32 bits per heavy atom. The van der Waals surface area contributed by atoms with Crippen molar-refractivity contribution < 1.29 is 14.3 Å². The van der Waals surface area contributed by atoms with E-state index in [1.54, 1.807) is 25.4 Å². The Kier molecular flexibility index (Phi) is 9.41. The first kappa shape index (κ1) is 30.8. The molecule has 0 atom stereocenters. The van der Waals surface area contributed by atoms with Gasteiger partial charge in [-0.1, -0.05) is 24.3 Å². The van der Waals surface area contributed by atoms with Gasteiger partial charge in [0.1, 0.15) is 5.75 Å². The molecule has 2 aromatic carbocycles. The van der Waals surface area contributed by atoms with Crippen molar-refractivity contribution in [3.63, 3.8) is 0 Å². The van der Waals surface area contributed by atoms with Crippen molar-refractivity contribution in [1.29, 1.82) is 0 Å². The van der Waals surface area contributed by atoms with E-state index >= 15 is 0 Å². The van der Waals surface area contributed by atoms with Gasteiger partial charge in [0.05, 0.1) is 17.0 Å². The SMILES string of the molecule is COc1ccc([C@H]2CC[C@H](CN(c3cccc(-c4cnc(C5CC5)s4)c3)C(=O)[C@H]3CC[C@H](N(C)C(C)=O)CC3)CC2)cc1C. The van der Waals surface area contributed by atoms with Crippen LogP contribution in [0.4, 0.5) is 5.69 Å². The minimum atomic E-state index is -0.00116. The summed E-state index contributed by atoms with van der Waals surface area (Å²) >= 11 is 1.80. The van der Waals surface area contributed by atoms with Gasteiger partial charge in [-0.05, 0) is 118 Å². The summed E-state index contributed by atoms with van der Waals surface area (Å²) < 4.78 is 5.48. The summed E-state index contributed by atoms with van der Waals surface area (Å²) in [6.07, 6.45) is 12.5. The predicted octanol–water partition coefficient (Wildman–Crippen LogP) is 8.35. The fourth-order valence-electron chi connectivity index (χ4n) is 7.37. The maximum atomic E-state index is 14.3. The van der Waals surface area contributed by atoms with Gasteiger partial charge in [-0.25, -0.2) is 4.98 Å². The molecule has 0 bridgehead atoms. The quantitative estimate of drug-likeness (QED) is 0.243. The van der Waals surface area contributed by atoms with Crippen LogP contribution in [0.2, 0.25) is 0 Å². The Morgan fingerprint density at radius 2 is 1.66 bits per heavy atom. The van der Waals surface area contributed by atoms with Gasteiger partial charge in [-0.15, -0.1) is 11.3 Å². The molecule has 0 unspecified atom stereocenters. The third-order valence-corrected chi connectivity index (χ3v) is 11.6. The standard InChI is InChI=1S/C37H47N3O3S/c1-24-20-30(16-19-34(24)43-4)27-10-8-26(9-11-27)23-40(37(42)29-14-17-32(18-15-29)39(3)25(2)41)33-7-5-6-31(21-33)35-22-38-36(44-35)28-12-13-28/h5-7,16,19-22,26-29,32H,8-15,17-18,23H2,1-4H3/t26-,27-,29-,32-. The van der Waals surface area contributed by atoms with Crippen molar-refractivity contribution in [1.82, 2.24) is 9.88 Å². The smallest absolute Gasteiger partial charge is 0.230 e. The molecule has 6 nitrogen and oxygen atoms in total. The number of ether oxygens (including phenoxy) is 1.